The number of anilines is 3. The molecule has 0 unspecified atom stereocenters. The highest BCUT2D eigenvalue weighted by Gasteiger charge is 2.08. The largest absolute Gasteiger partial charge is 0.344 e. The molecule has 21 heavy (non-hydrogen) atoms. The molecule has 0 atom stereocenters. The lowest BCUT2D eigenvalue weighted by Crippen LogP contribution is -2.21. The number of rotatable bonds is 6. The fourth-order valence-corrected chi connectivity index (χ4v) is 2.33. The first-order chi connectivity index (χ1) is 10.1. The number of nitrogens with one attached hydrogen (secondary N) is 1. The van der Waals surface area contributed by atoms with Crippen LogP contribution in [-0.2, 0) is 0 Å². The molecule has 1 aromatic heterocycles. The molecule has 0 bridgehead atoms. The van der Waals surface area contributed by atoms with Crippen molar-refractivity contribution in [3.05, 3.63) is 40.5 Å². The van der Waals surface area contributed by atoms with Crippen molar-refractivity contribution in [2.75, 3.05) is 23.8 Å². The first-order valence-corrected chi connectivity index (χ1v) is 7.62. The monoisotopic (exact) mass is 324 g/mol. The van der Waals surface area contributed by atoms with E-state index in [0.29, 0.717) is 27.5 Å². The van der Waals surface area contributed by atoms with Crippen LogP contribution < -0.4 is 10.2 Å². The first-order valence-electron chi connectivity index (χ1n) is 6.87. The normalized spacial score (nSPS) is 10.5. The molecule has 4 nitrogen and oxygen atoms in total. The van der Waals surface area contributed by atoms with Crippen molar-refractivity contribution in [1.29, 1.82) is 0 Å². The predicted octanol–water partition coefficient (Wildman–Crippen LogP) is 4.76. The number of para-hydroxylation sites is 1. The van der Waals surface area contributed by atoms with E-state index in [1.807, 2.05) is 11.9 Å². The van der Waals surface area contributed by atoms with Gasteiger partial charge in [-0.25, -0.2) is 4.98 Å². The summed E-state index contributed by atoms with van der Waals surface area (Å²) in [4.78, 5) is 10.8. The van der Waals surface area contributed by atoms with E-state index in [0.717, 1.165) is 19.4 Å². The number of aromatic nitrogens is 2. The quantitative estimate of drug-likeness (QED) is 0.831. The summed E-state index contributed by atoms with van der Waals surface area (Å²) >= 11 is 12.3. The fourth-order valence-electron chi connectivity index (χ4n) is 1.84. The summed E-state index contributed by atoms with van der Waals surface area (Å²) in [5.74, 6) is 1.34. The SMILES string of the molecule is CCCCN(C)c1nccc(Nc2c(Cl)cccc2Cl)n1. The zero-order valence-electron chi connectivity index (χ0n) is 12.1. The lowest BCUT2D eigenvalue weighted by Gasteiger charge is -2.17. The third-order valence-electron chi connectivity index (χ3n) is 3.05. The highest BCUT2D eigenvalue weighted by Crippen LogP contribution is 2.32. The molecule has 0 aliphatic rings. The highest BCUT2D eigenvalue weighted by molar-refractivity contribution is 6.39. The minimum Gasteiger partial charge on any atom is -0.344 e. The topological polar surface area (TPSA) is 41.1 Å². The van der Waals surface area contributed by atoms with Gasteiger partial charge in [0.15, 0.2) is 0 Å². The molecule has 6 heteroatoms. The maximum atomic E-state index is 6.15. The van der Waals surface area contributed by atoms with E-state index in [4.69, 9.17) is 23.2 Å². The lowest BCUT2D eigenvalue weighted by molar-refractivity contribution is 0.750. The molecule has 0 fully saturated rings. The summed E-state index contributed by atoms with van der Waals surface area (Å²) in [6.07, 6.45) is 3.96. The molecular weight excluding hydrogens is 307 g/mol. The van der Waals surface area contributed by atoms with Crippen molar-refractivity contribution in [1.82, 2.24) is 9.97 Å². The summed E-state index contributed by atoms with van der Waals surface area (Å²) in [6, 6.07) is 7.16. The molecule has 0 aliphatic carbocycles. The van der Waals surface area contributed by atoms with Gasteiger partial charge >= 0.3 is 0 Å². The summed E-state index contributed by atoms with van der Waals surface area (Å²) in [5, 5.41) is 4.26. The van der Waals surface area contributed by atoms with Crippen molar-refractivity contribution >= 4 is 40.7 Å². The number of hydrogen-bond donors (Lipinski definition) is 1. The fraction of sp³-hybridized carbons (Fsp3) is 0.333. The molecule has 0 amide bonds. The maximum absolute atomic E-state index is 6.15. The van der Waals surface area contributed by atoms with E-state index < -0.39 is 0 Å². The van der Waals surface area contributed by atoms with Crippen LogP contribution >= 0.6 is 23.2 Å². The second-order valence-electron chi connectivity index (χ2n) is 4.74. The number of nitrogens with zero attached hydrogens (tertiary/aromatic N) is 3. The Labute approximate surface area is 135 Å². The summed E-state index contributed by atoms with van der Waals surface area (Å²) in [6.45, 7) is 3.08. The highest BCUT2D eigenvalue weighted by atomic mass is 35.5. The van der Waals surface area contributed by atoms with Crippen molar-refractivity contribution in [3.8, 4) is 0 Å². The van der Waals surface area contributed by atoms with E-state index in [1.165, 1.54) is 0 Å². The Hall–Kier alpha value is -1.52. The maximum Gasteiger partial charge on any atom is 0.227 e. The molecule has 2 rings (SSSR count). The van der Waals surface area contributed by atoms with Gasteiger partial charge in [-0.3, -0.25) is 0 Å². The van der Waals surface area contributed by atoms with Gasteiger partial charge in [-0.1, -0.05) is 42.6 Å². The van der Waals surface area contributed by atoms with Crippen LogP contribution in [0.3, 0.4) is 0 Å². The van der Waals surface area contributed by atoms with Crippen molar-refractivity contribution < 1.29 is 0 Å². The van der Waals surface area contributed by atoms with Gasteiger partial charge in [0.05, 0.1) is 15.7 Å². The van der Waals surface area contributed by atoms with Crippen molar-refractivity contribution in [3.63, 3.8) is 0 Å². The van der Waals surface area contributed by atoms with Crippen LogP contribution in [0, 0.1) is 0 Å². The molecule has 1 N–H and O–H groups in total. The third kappa shape index (κ3) is 4.22. The Bertz CT molecular complexity index is 584. The van der Waals surface area contributed by atoms with Crippen LogP contribution in [0.15, 0.2) is 30.5 Å². The zero-order valence-corrected chi connectivity index (χ0v) is 13.6. The molecular formula is C15H18Cl2N4. The molecule has 0 radical (unpaired) electrons. The van der Waals surface area contributed by atoms with Gasteiger partial charge in [0.1, 0.15) is 5.82 Å². The van der Waals surface area contributed by atoms with Gasteiger partial charge in [0.2, 0.25) is 5.95 Å². The second kappa shape index (κ2) is 7.48. The number of unbranched alkanes of at least 4 members (excludes halogenated alkanes) is 1. The Morgan fingerprint density at radius 3 is 2.57 bits per heavy atom. The standard InChI is InChI=1S/C15H18Cl2N4/c1-3-4-10-21(2)15-18-9-8-13(20-15)19-14-11(16)6-5-7-12(14)17/h5-9H,3-4,10H2,1-2H3,(H,18,19,20). The number of halogens is 2. The first kappa shape index (κ1) is 15.9. The molecule has 0 spiro atoms. The second-order valence-corrected chi connectivity index (χ2v) is 5.55. The number of hydrogen-bond acceptors (Lipinski definition) is 4. The van der Waals surface area contributed by atoms with Crippen molar-refractivity contribution in [2.45, 2.75) is 19.8 Å². The van der Waals surface area contributed by atoms with Gasteiger partial charge < -0.3 is 10.2 Å². The van der Waals surface area contributed by atoms with Gasteiger partial charge in [-0.05, 0) is 24.6 Å². The van der Waals surface area contributed by atoms with E-state index in [-0.39, 0.29) is 0 Å². The van der Waals surface area contributed by atoms with Crippen LogP contribution in [-0.4, -0.2) is 23.6 Å². The molecule has 0 aliphatic heterocycles. The van der Waals surface area contributed by atoms with Crippen LogP contribution in [0.2, 0.25) is 10.0 Å². The van der Waals surface area contributed by atoms with E-state index >= 15 is 0 Å². The third-order valence-corrected chi connectivity index (χ3v) is 3.68. The Morgan fingerprint density at radius 2 is 1.90 bits per heavy atom. The molecule has 1 heterocycles. The van der Waals surface area contributed by atoms with Gasteiger partial charge in [-0.15, -0.1) is 0 Å². The molecule has 0 saturated heterocycles. The Kier molecular flexibility index (Phi) is 5.65. The Morgan fingerprint density at radius 1 is 1.19 bits per heavy atom. The summed E-state index contributed by atoms with van der Waals surface area (Å²) < 4.78 is 0. The summed E-state index contributed by atoms with van der Waals surface area (Å²) in [5.41, 5.74) is 0.654. The molecule has 2 aromatic rings. The number of benzene rings is 1. The average Bonchev–Trinajstić information content (AvgIpc) is 2.49. The van der Waals surface area contributed by atoms with Gasteiger partial charge in [0, 0.05) is 19.8 Å². The minimum absolute atomic E-state index is 0.557. The van der Waals surface area contributed by atoms with E-state index in [1.54, 1.807) is 30.5 Å². The lowest BCUT2D eigenvalue weighted by atomic mass is 10.3. The molecule has 1 aromatic carbocycles. The van der Waals surface area contributed by atoms with Crippen LogP contribution in [0.5, 0.6) is 0 Å². The van der Waals surface area contributed by atoms with Crippen LogP contribution in [0.4, 0.5) is 17.5 Å². The smallest absolute Gasteiger partial charge is 0.227 e. The summed E-state index contributed by atoms with van der Waals surface area (Å²) in [7, 11) is 1.98. The molecule has 112 valence electrons. The van der Waals surface area contributed by atoms with Crippen molar-refractivity contribution in [2.24, 2.45) is 0 Å². The Balaban J connectivity index is 2.18. The van der Waals surface area contributed by atoms with Crippen LogP contribution in [0.25, 0.3) is 0 Å². The van der Waals surface area contributed by atoms with E-state index in [9.17, 15) is 0 Å². The zero-order chi connectivity index (χ0) is 15.2. The van der Waals surface area contributed by atoms with Crippen LogP contribution in [0.1, 0.15) is 19.8 Å². The average molecular weight is 325 g/mol. The predicted molar refractivity (Wildman–Crippen MR) is 90.0 cm³/mol. The van der Waals surface area contributed by atoms with Gasteiger partial charge in [-0.2, -0.15) is 4.98 Å². The molecule has 0 saturated carbocycles. The minimum atomic E-state index is 0.557. The van der Waals surface area contributed by atoms with E-state index in [2.05, 4.69) is 22.2 Å². The van der Waals surface area contributed by atoms with Gasteiger partial charge in [0.25, 0.3) is 0 Å².